The number of ether oxygens (including phenoxy) is 2. The molecule has 2 heterocycles. The number of amides is 1. The van der Waals surface area contributed by atoms with Crippen molar-refractivity contribution in [3.8, 4) is 23.2 Å². The molecule has 8 nitrogen and oxygen atoms in total. The van der Waals surface area contributed by atoms with E-state index in [0.29, 0.717) is 34.7 Å². The molecule has 31 heavy (non-hydrogen) atoms. The van der Waals surface area contributed by atoms with E-state index in [-0.39, 0.29) is 12.5 Å². The van der Waals surface area contributed by atoms with Crippen LogP contribution in [0.4, 0.5) is 5.69 Å². The second kappa shape index (κ2) is 9.08. The SMILES string of the molecule is Cc1ccc(OCC(=O)Nc2ccc(Oc3cc(-n4ccnc4)nc(C)n3)cc2)cc1. The summed E-state index contributed by atoms with van der Waals surface area (Å²) >= 11 is 0. The summed E-state index contributed by atoms with van der Waals surface area (Å²) in [7, 11) is 0. The van der Waals surface area contributed by atoms with Gasteiger partial charge in [0, 0.05) is 24.1 Å². The number of benzene rings is 2. The first-order valence-corrected chi connectivity index (χ1v) is 9.66. The van der Waals surface area contributed by atoms with E-state index in [4.69, 9.17) is 9.47 Å². The number of rotatable bonds is 7. The van der Waals surface area contributed by atoms with Gasteiger partial charge in [0.05, 0.1) is 0 Å². The highest BCUT2D eigenvalue weighted by Gasteiger charge is 2.08. The van der Waals surface area contributed by atoms with Crippen LogP contribution in [0.1, 0.15) is 11.4 Å². The minimum Gasteiger partial charge on any atom is -0.484 e. The van der Waals surface area contributed by atoms with Gasteiger partial charge in [0.2, 0.25) is 5.88 Å². The van der Waals surface area contributed by atoms with Crippen molar-refractivity contribution in [3.63, 3.8) is 0 Å². The van der Waals surface area contributed by atoms with E-state index in [9.17, 15) is 4.79 Å². The van der Waals surface area contributed by atoms with Crippen LogP contribution in [0.3, 0.4) is 0 Å². The Bertz CT molecular complexity index is 1160. The Morgan fingerprint density at radius 1 is 1.00 bits per heavy atom. The molecule has 0 unspecified atom stereocenters. The van der Waals surface area contributed by atoms with Gasteiger partial charge in [0.25, 0.3) is 5.91 Å². The Labute approximate surface area is 179 Å². The van der Waals surface area contributed by atoms with Crippen LogP contribution >= 0.6 is 0 Å². The van der Waals surface area contributed by atoms with Gasteiger partial charge >= 0.3 is 0 Å². The third-order valence-corrected chi connectivity index (χ3v) is 4.32. The van der Waals surface area contributed by atoms with Gasteiger partial charge in [-0.3, -0.25) is 9.36 Å². The third kappa shape index (κ3) is 5.45. The quantitative estimate of drug-likeness (QED) is 0.489. The van der Waals surface area contributed by atoms with Crippen LogP contribution in [-0.4, -0.2) is 32.0 Å². The minimum absolute atomic E-state index is 0.0709. The molecule has 0 radical (unpaired) electrons. The number of aryl methyl sites for hydroxylation is 2. The molecule has 0 atom stereocenters. The predicted octanol–water partition coefficient (Wildman–Crippen LogP) is 4.09. The number of hydrogen-bond acceptors (Lipinski definition) is 6. The molecule has 0 saturated heterocycles. The molecule has 2 aromatic heterocycles. The lowest BCUT2D eigenvalue weighted by Crippen LogP contribution is -2.20. The van der Waals surface area contributed by atoms with Crippen molar-refractivity contribution in [1.82, 2.24) is 19.5 Å². The maximum Gasteiger partial charge on any atom is 0.262 e. The van der Waals surface area contributed by atoms with Gasteiger partial charge in [-0.1, -0.05) is 17.7 Å². The summed E-state index contributed by atoms with van der Waals surface area (Å²) in [6, 6.07) is 16.3. The Balaban J connectivity index is 1.35. The molecule has 0 saturated carbocycles. The number of nitrogens with zero attached hydrogens (tertiary/aromatic N) is 4. The molecule has 1 N–H and O–H groups in total. The number of aromatic nitrogens is 4. The topological polar surface area (TPSA) is 91.2 Å². The molecular formula is C23H21N5O3. The van der Waals surface area contributed by atoms with Gasteiger partial charge in [0.1, 0.15) is 29.5 Å². The summed E-state index contributed by atoms with van der Waals surface area (Å²) in [4.78, 5) is 24.8. The lowest BCUT2D eigenvalue weighted by atomic mass is 10.2. The number of carbonyl (C=O) groups excluding carboxylic acids is 1. The first kappa shape index (κ1) is 20.1. The number of carbonyl (C=O) groups is 1. The minimum atomic E-state index is -0.245. The molecule has 0 aliphatic carbocycles. The Morgan fingerprint density at radius 3 is 2.45 bits per heavy atom. The van der Waals surface area contributed by atoms with Gasteiger partial charge in [-0.25, -0.2) is 9.97 Å². The lowest BCUT2D eigenvalue weighted by Gasteiger charge is -2.10. The Kier molecular flexibility index (Phi) is 5.89. The van der Waals surface area contributed by atoms with Crippen LogP contribution in [0, 0.1) is 13.8 Å². The van der Waals surface area contributed by atoms with Crippen molar-refractivity contribution in [3.05, 3.63) is 84.7 Å². The summed E-state index contributed by atoms with van der Waals surface area (Å²) in [5, 5.41) is 2.80. The van der Waals surface area contributed by atoms with Gasteiger partial charge in [-0.05, 0) is 50.2 Å². The van der Waals surface area contributed by atoms with Crippen molar-refractivity contribution >= 4 is 11.6 Å². The van der Waals surface area contributed by atoms with E-state index in [1.807, 2.05) is 31.2 Å². The van der Waals surface area contributed by atoms with Crippen molar-refractivity contribution in [2.75, 3.05) is 11.9 Å². The lowest BCUT2D eigenvalue weighted by molar-refractivity contribution is -0.118. The average Bonchev–Trinajstić information content (AvgIpc) is 3.29. The second-order valence-corrected chi connectivity index (χ2v) is 6.86. The van der Waals surface area contributed by atoms with Gasteiger partial charge in [0.15, 0.2) is 6.61 Å². The zero-order valence-corrected chi connectivity index (χ0v) is 17.1. The van der Waals surface area contributed by atoms with Crippen LogP contribution in [0.2, 0.25) is 0 Å². The predicted molar refractivity (Wildman–Crippen MR) is 116 cm³/mol. The van der Waals surface area contributed by atoms with E-state index < -0.39 is 0 Å². The molecule has 8 heteroatoms. The van der Waals surface area contributed by atoms with E-state index in [1.165, 1.54) is 0 Å². The highest BCUT2D eigenvalue weighted by atomic mass is 16.5. The molecule has 0 aliphatic rings. The van der Waals surface area contributed by atoms with E-state index >= 15 is 0 Å². The maximum absolute atomic E-state index is 12.1. The standard InChI is InChI=1S/C23H21N5O3/c1-16-3-7-19(8-4-16)30-14-22(29)27-18-5-9-20(10-6-18)31-23-13-21(25-17(2)26-23)28-12-11-24-15-28/h3-13,15H,14H2,1-2H3,(H,27,29). The first-order valence-electron chi connectivity index (χ1n) is 9.66. The van der Waals surface area contributed by atoms with E-state index in [0.717, 1.165) is 5.56 Å². The van der Waals surface area contributed by atoms with Crippen molar-refractivity contribution in [2.24, 2.45) is 0 Å². The third-order valence-electron chi connectivity index (χ3n) is 4.32. The monoisotopic (exact) mass is 415 g/mol. The van der Waals surface area contributed by atoms with Crippen molar-refractivity contribution < 1.29 is 14.3 Å². The van der Waals surface area contributed by atoms with Gasteiger partial charge in [-0.2, -0.15) is 4.98 Å². The van der Waals surface area contributed by atoms with Gasteiger partial charge in [-0.15, -0.1) is 0 Å². The zero-order valence-electron chi connectivity index (χ0n) is 17.1. The summed E-state index contributed by atoms with van der Waals surface area (Å²) < 4.78 is 13.1. The van der Waals surface area contributed by atoms with Crippen LogP contribution in [-0.2, 0) is 4.79 Å². The normalized spacial score (nSPS) is 10.5. The van der Waals surface area contributed by atoms with Crippen LogP contribution in [0.25, 0.3) is 5.82 Å². The fraction of sp³-hybridized carbons (Fsp3) is 0.130. The molecule has 0 spiro atoms. The van der Waals surface area contributed by atoms with Crippen LogP contribution in [0.5, 0.6) is 17.4 Å². The molecule has 156 valence electrons. The summed E-state index contributed by atoms with van der Waals surface area (Å²) in [6.07, 6.45) is 5.13. The molecule has 1 amide bonds. The first-order chi connectivity index (χ1) is 15.0. The molecular weight excluding hydrogens is 394 g/mol. The van der Waals surface area contributed by atoms with E-state index in [2.05, 4.69) is 20.3 Å². The molecule has 4 aromatic rings. The molecule has 0 fully saturated rings. The highest BCUT2D eigenvalue weighted by molar-refractivity contribution is 5.91. The molecule has 2 aromatic carbocycles. The number of nitrogens with one attached hydrogen (secondary N) is 1. The molecule has 0 bridgehead atoms. The Hall–Kier alpha value is -4.20. The number of imidazole rings is 1. The van der Waals surface area contributed by atoms with Crippen molar-refractivity contribution in [2.45, 2.75) is 13.8 Å². The summed E-state index contributed by atoms with van der Waals surface area (Å²) in [5.41, 5.74) is 1.78. The molecule has 0 aliphatic heterocycles. The van der Waals surface area contributed by atoms with Gasteiger partial charge < -0.3 is 14.8 Å². The Morgan fingerprint density at radius 2 is 1.74 bits per heavy atom. The van der Waals surface area contributed by atoms with Crippen molar-refractivity contribution in [1.29, 1.82) is 0 Å². The largest absolute Gasteiger partial charge is 0.484 e. The smallest absolute Gasteiger partial charge is 0.262 e. The van der Waals surface area contributed by atoms with Crippen LogP contribution < -0.4 is 14.8 Å². The highest BCUT2D eigenvalue weighted by Crippen LogP contribution is 2.23. The average molecular weight is 415 g/mol. The zero-order chi connectivity index (χ0) is 21.6. The van der Waals surface area contributed by atoms with E-state index in [1.54, 1.807) is 60.5 Å². The fourth-order valence-electron chi connectivity index (χ4n) is 2.81. The fourth-order valence-corrected chi connectivity index (χ4v) is 2.81. The summed E-state index contributed by atoms with van der Waals surface area (Å²) in [5.74, 6) is 2.66. The maximum atomic E-state index is 12.1. The number of anilines is 1. The molecule has 4 rings (SSSR count). The van der Waals surface area contributed by atoms with Crippen LogP contribution in [0.15, 0.2) is 73.3 Å². The summed E-state index contributed by atoms with van der Waals surface area (Å²) in [6.45, 7) is 3.72. The number of hydrogen-bond donors (Lipinski definition) is 1. The second-order valence-electron chi connectivity index (χ2n) is 6.86.